The van der Waals surface area contributed by atoms with Crippen LogP contribution in [0.3, 0.4) is 0 Å². The van der Waals surface area contributed by atoms with Gasteiger partial charge in [0.15, 0.2) is 0 Å². The van der Waals surface area contributed by atoms with Gasteiger partial charge in [0, 0.05) is 11.1 Å². The molecule has 0 fully saturated rings. The van der Waals surface area contributed by atoms with Crippen molar-refractivity contribution in [3.05, 3.63) is 63.9 Å². The maximum atomic E-state index is 13.7. The molecule has 2 aromatic rings. The molecular weight excluding hydrogens is 261 g/mol. The van der Waals surface area contributed by atoms with Crippen LogP contribution in [0.2, 0.25) is 5.02 Å². The summed E-state index contributed by atoms with van der Waals surface area (Å²) in [4.78, 5) is 0. The van der Waals surface area contributed by atoms with Gasteiger partial charge in [0.1, 0.15) is 5.82 Å². The third-order valence-electron chi connectivity index (χ3n) is 3.19. The Balaban J connectivity index is 2.25. The van der Waals surface area contributed by atoms with E-state index < -0.39 is 0 Å². The summed E-state index contributed by atoms with van der Waals surface area (Å²) in [6.07, 6.45) is 0. The van der Waals surface area contributed by atoms with Gasteiger partial charge in [0.25, 0.3) is 0 Å². The molecule has 19 heavy (non-hydrogen) atoms. The average molecular weight is 278 g/mol. The van der Waals surface area contributed by atoms with E-state index in [9.17, 15) is 4.39 Å². The van der Waals surface area contributed by atoms with Gasteiger partial charge in [0.05, 0.1) is 5.69 Å². The molecule has 0 bridgehead atoms. The standard InChI is InChI=1S/C16H17ClFN/c1-10-4-6-14(11(2)8-10)12(3)19-16-9-13(17)5-7-15(16)18/h4-9,12,19H,1-3H3. The second-order valence-electron chi connectivity index (χ2n) is 4.85. The molecule has 0 aromatic heterocycles. The van der Waals surface area contributed by atoms with E-state index >= 15 is 0 Å². The molecule has 2 rings (SSSR count). The molecule has 0 radical (unpaired) electrons. The van der Waals surface area contributed by atoms with E-state index in [0.29, 0.717) is 10.7 Å². The van der Waals surface area contributed by atoms with Gasteiger partial charge in [-0.2, -0.15) is 0 Å². The smallest absolute Gasteiger partial charge is 0.146 e. The highest BCUT2D eigenvalue weighted by molar-refractivity contribution is 6.30. The Bertz CT molecular complexity index is 595. The molecule has 0 heterocycles. The van der Waals surface area contributed by atoms with Crippen LogP contribution >= 0.6 is 11.6 Å². The predicted molar refractivity (Wildman–Crippen MR) is 79.4 cm³/mol. The van der Waals surface area contributed by atoms with Crippen LogP contribution in [0.1, 0.15) is 29.7 Å². The fourth-order valence-electron chi connectivity index (χ4n) is 2.23. The molecule has 1 unspecified atom stereocenters. The highest BCUT2D eigenvalue weighted by Gasteiger charge is 2.11. The summed E-state index contributed by atoms with van der Waals surface area (Å²) < 4.78 is 13.7. The van der Waals surface area contributed by atoms with Crippen molar-refractivity contribution >= 4 is 17.3 Å². The average Bonchev–Trinajstić information content (AvgIpc) is 2.33. The lowest BCUT2D eigenvalue weighted by molar-refractivity contribution is 0.627. The number of benzene rings is 2. The highest BCUT2D eigenvalue weighted by atomic mass is 35.5. The monoisotopic (exact) mass is 277 g/mol. The zero-order chi connectivity index (χ0) is 14.0. The van der Waals surface area contributed by atoms with Gasteiger partial charge in [0.2, 0.25) is 0 Å². The van der Waals surface area contributed by atoms with Gasteiger partial charge in [-0.1, -0.05) is 35.4 Å². The van der Waals surface area contributed by atoms with Crippen LogP contribution in [-0.4, -0.2) is 0 Å². The molecular formula is C16H17ClFN. The predicted octanol–water partition coefficient (Wildman–Crippen LogP) is 5.27. The van der Waals surface area contributed by atoms with Gasteiger partial charge in [-0.25, -0.2) is 4.39 Å². The van der Waals surface area contributed by atoms with Crippen LogP contribution in [0.4, 0.5) is 10.1 Å². The summed E-state index contributed by atoms with van der Waals surface area (Å²) in [5, 5.41) is 3.69. The first-order valence-corrected chi connectivity index (χ1v) is 6.64. The third kappa shape index (κ3) is 3.27. The van der Waals surface area contributed by atoms with E-state index in [-0.39, 0.29) is 11.9 Å². The van der Waals surface area contributed by atoms with E-state index in [1.807, 2.05) is 6.92 Å². The van der Waals surface area contributed by atoms with Crippen molar-refractivity contribution < 1.29 is 4.39 Å². The Morgan fingerprint density at radius 3 is 2.53 bits per heavy atom. The van der Waals surface area contributed by atoms with Crippen LogP contribution in [0.25, 0.3) is 0 Å². The van der Waals surface area contributed by atoms with Crippen LogP contribution in [0, 0.1) is 19.7 Å². The zero-order valence-corrected chi connectivity index (χ0v) is 12.1. The summed E-state index contributed by atoms with van der Waals surface area (Å²) in [6, 6.07) is 10.8. The number of hydrogen-bond donors (Lipinski definition) is 1. The maximum absolute atomic E-state index is 13.7. The second kappa shape index (κ2) is 5.62. The molecule has 2 aromatic carbocycles. The van der Waals surface area contributed by atoms with Crippen molar-refractivity contribution in [3.8, 4) is 0 Å². The Morgan fingerprint density at radius 2 is 1.84 bits per heavy atom. The number of hydrogen-bond acceptors (Lipinski definition) is 1. The van der Waals surface area contributed by atoms with E-state index in [1.54, 1.807) is 12.1 Å². The van der Waals surface area contributed by atoms with Crippen LogP contribution < -0.4 is 5.32 Å². The number of rotatable bonds is 3. The quantitative estimate of drug-likeness (QED) is 0.806. The molecule has 100 valence electrons. The SMILES string of the molecule is Cc1ccc(C(C)Nc2cc(Cl)ccc2F)c(C)c1. The summed E-state index contributed by atoms with van der Waals surface area (Å²) in [6.45, 7) is 6.14. The lowest BCUT2D eigenvalue weighted by Gasteiger charge is -2.19. The van der Waals surface area contributed by atoms with Crippen molar-refractivity contribution in [1.82, 2.24) is 0 Å². The fourth-order valence-corrected chi connectivity index (χ4v) is 2.40. The van der Waals surface area contributed by atoms with Crippen LogP contribution in [0.5, 0.6) is 0 Å². The fraction of sp³-hybridized carbons (Fsp3) is 0.250. The molecule has 0 amide bonds. The van der Waals surface area contributed by atoms with Crippen LogP contribution in [0.15, 0.2) is 36.4 Å². The zero-order valence-electron chi connectivity index (χ0n) is 11.3. The summed E-state index contributed by atoms with van der Waals surface area (Å²) in [5.74, 6) is -0.291. The topological polar surface area (TPSA) is 12.0 Å². The largest absolute Gasteiger partial charge is 0.376 e. The van der Waals surface area contributed by atoms with Gasteiger partial charge in [-0.3, -0.25) is 0 Å². The Morgan fingerprint density at radius 1 is 1.11 bits per heavy atom. The second-order valence-corrected chi connectivity index (χ2v) is 5.29. The van der Waals surface area contributed by atoms with Gasteiger partial charge in [-0.15, -0.1) is 0 Å². The Kier molecular flexibility index (Phi) is 4.11. The minimum absolute atomic E-state index is 0.0218. The van der Waals surface area contributed by atoms with Crippen molar-refractivity contribution in [2.75, 3.05) is 5.32 Å². The maximum Gasteiger partial charge on any atom is 0.146 e. The summed E-state index contributed by atoms with van der Waals surface area (Å²) in [7, 11) is 0. The molecule has 1 N–H and O–H groups in total. The molecule has 0 aliphatic rings. The molecule has 0 aliphatic heterocycles. The van der Waals surface area contributed by atoms with Crippen molar-refractivity contribution in [3.63, 3.8) is 0 Å². The summed E-state index contributed by atoms with van der Waals surface area (Å²) in [5.41, 5.74) is 4.01. The van der Waals surface area contributed by atoms with Gasteiger partial charge < -0.3 is 5.32 Å². The third-order valence-corrected chi connectivity index (χ3v) is 3.43. The number of halogens is 2. The first-order chi connectivity index (χ1) is 8.97. The molecule has 3 heteroatoms. The van der Waals surface area contributed by atoms with E-state index in [4.69, 9.17) is 11.6 Å². The Hall–Kier alpha value is -1.54. The van der Waals surface area contributed by atoms with Crippen molar-refractivity contribution in [2.24, 2.45) is 0 Å². The molecule has 0 aliphatic carbocycles. The first-order valence-electron chi connectivity index (χ1n) is 6.26. The van der Waals surface area contributed by atoms with Gasteiger partial charge >= 0.3 is 0 Å². The molecule has 0 saturated heterocycles. The minimum Gasteiger partial charge on any atom is -0.376 e. The number of anilines is 1. The lowest BCUT2D eigenvalue weighted by atomic mass is 10.00. The number of nitrogens with one attached hydrogen (secondary N) is 1. The lowest BCUT2D eigenvalue weighted by Crippen LogP contribution is -2.09. The van der Waals surface area contributed by atoms with Gasteiger partial charge in [-0.05, 0) is 50.1 Å². The molecule has 1 nitrogen and oxygen atoms in total. The van der Waals surface area contributed by atoms with Crippen LogP contribution in [-0.2, 0) is 0 Å². The van der Waals surface area contributed by atoms with E-state index in [0.717, 1.165) is 5.56 Å². The molecule has 1 atom stereocenters. The molecule has 0 spiro atoms. The summed E-state index contributed by atoms with van der Waals surface area (Å²) >= 11 is 5.89. The molecule has 0 saturated carbocycles. The van der Waals surface area contributed by atoms with Crippen molar-refractivity contribution in [2.45, 2.75) is 26.8 Å². The van der Waals surface area contributed by atoms with E-state index in [1.165, 1.54) is 17.2 Å². The normalized spacial score (nSPS) is 12.3. The highest BCUT2D eigenvalue weighted by Crippen LogP contribution is 2.26. The minimum atomic E-state index is -0.291. The van der Waals surface area contributed by atoms with E-state index in [2.05, 4.69) is 37.4 Å². The Labute approximate surface area is 118 Å². The number of aryl methyl sites for hydroxylation is 2. The first kappa shape index (κ1) is 13.9. The van der Waals surface area contributed by atoms with Crippen molar-refractivity contribution in [1.29, 1.82) is 0 Å².